The SMILES string of the molecule is CCC(C#N)Oc1cc(C)c(Br)c(C)c1. The van der Waals surface area contributed by atoms with Crippen molar-refractivity contribution in [3.8, 4) is 11.8 Å². The summed E-state index contributed by atoms with van der Waals surface area (Å²) in [6.45, 7) is 5.96. The fraction of sp³-hybridized carbons (Fsp3) is 0.417. The number of aryl methyl sites for hydroxylation is 2. The third-order valence-corrected chi connectivity index (χ3v) is 3.45. The lowest BCUT2D eigenvalue weighted by Gasteiger charge is -2.12. The molecule has 0 N–H and O–H groups in total. The molecule has 1 rings (SSSR count). The molecule has 0 aromatic heterocycles. The third kappa shape index (κ3) is 2.97. The molecule has 0 aliphatic carbocycles. The van der Waals surface area contributed by atoms with Crippen molar-refractivity contribution in [1.29, 1.82) is 5.26 Å². The van der Waals surface area contributed by atoms with E-state index in [0.717, 1.165) is 21.3 Å². The second-order valence-corrected chi connectivity index (χ2v) is 4.31. The molecule has 0 saturated heterocycles. The summed E-state index contributed by atoms with van der Waals surface area (Å²) in [6, 6.07) is 6.00. The Balaban J connectivity index is 2.93. The lowest BCUT2D eigenvalue weighted by atomic mass is 10.1. The molecular formula is C12H14BrNO. The molecule has 0 spiro atoms. The molecule has 15 heavy (non-hydrogen) atoms. The third-order valence-electron chi connectivity index (χ3n) is 2.20. The average Bonchev–Trinajstić information content (AvgIpc) is 2.22. The van der Waals surface area contributed by atoms with Crippen molar-refractivity contribution >= 4 is 15.9 Å². The monoisotopic (exact) mass is 267 g/mol. The normalized spacial score (nSPS) is 11.9. The molecular weight excluding hydrogens is 254 g/mol. The Bertz CT molecular complexity index is 372. The van der Waals surface area contributed by atoms with Crippen LogP contribution in [0.25, 0.3) is 0 Å². The fourth-order valence-electron chi connectivity index (χ4n) is 1.34. The van der Waals surface area contributed by atoms with Gasteiger partial charge in [-0.1, -0.05) is 22.9 Å². The molecule has 0 bridgehead atoms. The van der Waals surface area contributed by atoms with Gasteiger partial charge in [0.05, 0.1) is 0 Å². The van der Waals surface area contributed by atoms with Crippen molar-refractivity contribution in [3.63, 3.8) is 0 Å². The predicted octanol–water partition coefficient (Wildman–Crippen LogP) is 3.75. The van der Waals surface area contributed by atoms with Gasteiger partial charge in [-0.25, -0.2) is 0 Å². The largest absolute Gasteiger partial charge is 0.476 e. The number of nitriles is 1. The molecule has 1 unspecified atom stereocenters. The van der Waals surface area contributed by atoms with E-state index < -0.39 is 0 Å². The number of hydrogen-bond acceptors (Lipinski definition) is 2. The van der Waals surface area contributed by atoms with E-state index in [1.54, 1.807) is 0 Å². The molecule has 0 fully saturated rings. The van der Waals surface area contributed by atoms with Gasteiger partial charge in [0.1, 0.15) is 11.8 Å². The van der Waals surface area contributed by atoms with E-state index in [1.165, 1.54) is 0 Å². The van der Waals surface area contributed by atoms with Crippen molar-refractivity contribution in [3.05, 3.63) is 27.7 Å². The van der Waals surface area contributed by atoms with Gasteiger partial charge < -0.3 is 4.74 Å². The van der Waals surface area contributed by atoms with Crippen LogP contribution in [0.5, 0.6) is 5.75 Å². The highest BCUT2D eigenvalue weighted by atomic mass is 79.9. The van der Waals surface area contributed by atoms with Crippen molar-refractivity contribution in [2.75, 3.05) is 0 Å². The first kappa shape index (κ1) is 12.1. The van der Waals surface area contributed by atoms with E-state index in [0.29, 0.717) is 6.42 Å². The summed E-state index contributed by atoms with van der Waals surface area (Å²) in [6.07, 6.45) is 0.343. The minimum atomic E-state index is -0.357. The predicted molar refractivity (Wildman–Crippen MR) is 63.9 cm³/mol. The quantitative estimate of drug-likeness (QED) is 0.836. The lowest BCUT2D eigenvalue weighted by molar-refractivity contribution is 0.251. The van der Waals surface area contributed by atoms with E-state index in [9.17, 15) is 0 Å². The Morgan fingerprint density at radius 1 is 1.40 bits per heavy atom. The standard InChI is InChI=1S/C12H14BrNO/c1-4-10(7-14)15-11-5-8(2)12(13)9(3)6-11/h5-6,10H,4H2,1-3H3. The highest BCUT2D eigenvalue weighted by Gasteiger charge is 2.08. The molecule has 0 radical (unpaired) electrons. The Kier molecular flexibility index (Phi) is 4.16. The highest BCUT2D eigenvalue weighted by molar-refractivity contribution is 9.10. The fourth-order valence-corrected chi connectivity index (χ4v) is 1.57. The number of nitrogens with zero attached hydrogens (tertiary/aromatic N) is 1. The van der Waals surface area contributed by atoms with E-state index in [-0.39, 0.29) is 6.10 Å². The summed E-state index contributed by atoms with van der Waals surface area (Å²) < 4.78 is 6.64. The van der Waals surface area contributed by atoms with Crippen molar-refractivity contribution in [2.45, 2.75) is 33.3 Å². The minimum Gasteiger partial charge on any atom is -0.476 e. The number of benzene rings is 1. The average molecular weight is 268 g/mol. The maximum absolute atomic E-state index is 8.80. The smallest absolute Gasteiger partial charge is 0.184 e. The van der Waals surface area contributed by atoms with Gasteiger partial charge >= 0.3 is 0 Å². The van der Waals surface area contributed by atoms with Gasteiger partial charge in [0.15, 0.2) is 6.10 Å². The second kappa shape index (κ2) is 5.18. The molecule has 2 nitrogen and oxygen atoms in total. The lowest BCUT2D eigenvalue weighted by Crippen LogP contribution is -2.12. The summed E-state index contributed by atoms with van der Waals surface area (Å²) in [5, 5.41) is 8.80. The van der Waals surface area contributed by atoms with Crippen molar-refractivity contribution in [2.24, 2.45) is 0 Å². The summed E-state index contributed by atoms with van der Waals surface area (Å²) in [4.78, 5) is 0. The molecule has 0 heterocycles. The summed E-state index contributed by atoms with van der Waals surface area (Å²) in [7, 11) is 0. The van der Waals surface area contributed by atoms with Gasteiger partial charge in [-0.2, -0.15) is 5.26 Å². The molecule has 1 atom stereocenters. The Morgan fingerprint density at radius 3 is 2.33 bits per heavy atom. The van der Waals surface area contributed by atoms with Gasteiger partial charge in [0.2, 0.25) is 0 Å². The Morgan fingerprint density at radius 2 is 1.93 bits per heavy atom. The number of hydrogen-bond donors (Lipinski definition) is 0. The number of rotatable bonds is 3. The van der Waals surface area contributed by atoms with Crippen LogP contribution >= 0.6 is 15.9 Å². The van der Waals surface area contributed by atoms with Gasteiger partial charge in [0, 0.05) is 4.47 Å². The van der Waals surface area contributed by atoms with Crippen LogP contribution in [0, 0.1) is 25.2 Å². The van der Waals surface area contributed by atoms with Crippen LogP contribution in [0.4, 0.5) is 0 Å². The highest BCUT2D eigenvalue weighted by Crippen LogP contribution is 2.27. The van der Waals surface area contributed by atoms with E-state index >= 15 is 0 Å². The zero-order chi connectivity index (χ0) is 11.4. The molecule has 80 valence electrons. The number of halogens is 1. The summed E-state index contributed by atoms with van der Waals surface area (Å²) in [5.74, 6) is 0.765. The van der Waals surface area contributed by atoms with Gasteiger partial charge in [-0.15, -0.1) is 0 Å². The Hall–Kier alpha value is -1.01. The van der Waals surface area contributed by atoms with Gasteiger partial charge in [-0.05, 0) is 43.5 Å². The van der Waals surface area contributed by atoms with Crippen LogP contribution in [0.1, 0.15) is 24.5 Å². The molecule has 3 heteroatoms. The van der Waals surface area contributed by atoms with Crippen LogP contribution < -0.4 is 4.74 Å². The maximum Gasteiger partial charge on any atom is 0.184 e. The Labute approximate surface area is 99.0 Å². The van der Waals surface area contributed by atoms with Crippen molar-refractivity contribution < 1.29 is 4.74 Å². The van der Waals surface area contributed by atoms with E-state index in [2.05, 4.69) is 22.0 Å². The zero-order valence-corrected chi connectivity index (χ0v) is 10.8. The minimum absolute atomic E-state index is 0.357. The van der Waals surface area contributed by atoms with Crippen molar-refractivity contribution in [1.82, 2.24) is 0 Å². The number of ether oxygens (including phenoxy) is 1. The summed E-state index contributed by atoms with van der Waals surface area (Å²) >= 11 is 3.49. The van der Waals surface area contributed by atoms with Crippen LogP contribution in [-0.4, -0.2) is 6.10 Å². The van der Waals surface area contributed by atoms with E-state index in [1.807, 2.05) is 32.9 Å². The summed E-state index contributed by atoms with van der Waals surface area (Å²) in [5.41, 5.74) is 2.25. The van der Waals surface area contributed by atoms with Crippen LogP contribution in [0.15, 0.2) is 16.6 Å². The first-order valence-corrected chi connectivity index (χ1v) is 5.70. The molecule has 1 aromatic carbocycles. The topological polar surface area (TPSA) is 33.0 Å². The first-order chi connectivity index (χ1) is 7.08. The zero-order valence-electron chi connectivity index (χ0n) is 9.17. The molecule has 0 aliphatic rings. The molecule has 0 amide bonds. The van der Waals surface area contributed by atoms with Crippen LogP contribution in [0.3, 0.4) is 0 Å². The van der Waals surface area contributed by atoms with Crippen LogP contribution in [0.2, 0.25) is 0 Å². The van der Waals surface area contributed by atoms with E-state index in [4.69, 9.17) is 10.00 Å². The van der Waals surface area contributed by atoms with Gasteiger partial charge in [0.25, 0.3) is 0 Å². The molecule has 0 saturated carbocycles. The first-order valence-electron chi connectivity index (χ1n) is 4.91. The maximum atomic E-state index is 8.80. The second-order valence-electron chi connectivity index (χ2n) is 3.51. The molecule has 0 aliphatic heterocycles. The molecule has 1 aromatic rings. The van der Waals surface area contributed by atoms with Crippen LogP contribution in [-0.2, 0) is 0 Å². The van der Waals surface area contributed by atoms with Gasteiger partial charge in [-0.3, -0.25) is 0 Å².